The molecule has 0 bridgehead atoms. The molecule has 2 rings (SSSR count). The van der Waals surface area contributed by atoms with Crippen molar-refractivity contribution in [2.45, 2.75) is 26.3 Å². The number of carbonyl (C=O) groups is 1. The average molecular weight is 362 g/mol. The van der Waals surface area contributed by atoms with Crippen molar-refractivity contribution in [1.29, 1.82) is 0 Å². The number of piperazine rings is 1. The van der Waals surface area contributed by atoms with Crippen LogP contribution in [0, 0.1) is 0 Å². The van der Waals surface area contributed by atoms with Gasteiger partial charge < -0.3 is 15.0 Å². The van der Waals surface area contributed by atoms with Gasteiger partial charge in [-0.2, -0.15) is 4.31 Å². The van der Waals surface area contributed by atoms with Crippen LogP contribution in [0.4, 0.5) is 4.79 Å². The molecule has 1 N–H and O–H groups in total. The Bertz CT molecular complexity index is 524. The van der Waals surface area contributed by atoms with Crippen molar-refractivity contribution in [3.05, 3.63) is 0 Å². The molecule has 0 aromatic heterocycles. The van der Waals surface area contributed by atoms with E-state index in [1.54, 1.807) is 11.8 Å². The molecule has 0 aliphatic carbocycles. The third-order valence-electron chi connectivity index (χ3n) is 4.82. The zero-order valence-corrected chi connectivity index (χ0v) is 15.8. The highest BCUT2D eigenvalue weighted by Gasteiger charge is 2.31. The van der Waals surface area contributed by atoms with Crippen molar-refractivity contribution in [3.63, 3.8) is 0 Å². The van der Waals surface area contributed by atoms with E-state index in [0.717, 1.165) is 26.3 Å². The van der Waals surface area contributed by atoms with Crippen LogP contribution in [-0.2, 0) is 14.8 Å². The molecule has 9 heteroatoms. The monoisotopic (exact) mass is 362 g/mol. The number of hydrogen-bond acceptors (Lipinski definition) is 5. The maximum Gasteiger partial charge on any atom is 0.317 e. The maximum atomic E-state index is 12.4. The van der Waals surface area contributed by atoms with Crippen molar-refractivity contribution < 1.29 is 17.9 Å². The van der Waals surface area contributed by atoms with Crippen LogP contribution in [0.5, 0.6) is 0 Å². The number of sulfonamides is 1. The number of carbonyl (C=O) groups excluding carboxylic acids is 1. The summed E-state index contributed by atoms with van der Waals surface area (Å²) in [6.07, 6.45) is 0. The quantitative estimate of drug-likeness (QED) is 0.731. The van der Waals surface area contributed by atoms with Gasteiger partial charge in [-0.15, -0.1) is 0 Å². The highest BCUT2D eigenvalue weighted by molar-refractivity contribution is 7.89. The van der Waals surface area contributed by atoms with Crippen LogP contribution >= 0.6 is 0 Å². The van der Waals surface area contributed by atoms with E-state index in [1.807, 2.05) is 0 Å². The normalized spacial score (nSPS) is 21.7. The van der Waals surface area contributed by atoms with E-state index in [1.165, 1.54) is 4.31 Å². The zero-order valence-electron chi connectivity index (χ0n) is 15.0. The lowest BCUT2D eigenvalue weighted by Crippen LogP contribution is -2.58. The van der Waals surface area contributed by atoms with E-state index in [2.05, 4.69) is 24.1 Å². The van der Waals surface area contributed by atoms with Crippen LogP contribution < -0.4 is 5.32 Å². The summed E-state index contributed by atoms with van der Waals surface area (Å²) in [5, 5.41) is 2.99. The van der Waals surface area contributed by atoms with Gasteiger partial charge in [-0.3, -0.25) is 4.90 Å². The summed E-state index contributed by atoms with van der Waals surface area (Å²) in [4.78, 5) is 16.4. The molecule has 2 aliphatic rings. The van der Waals surface area contributed by atoms with Crippen LogP contribution in [0.1, 0.15) is 20.8 Å². The van der Waals surface area contributed by atoms with Gasteiger partial charge in [0.2, 0.25) is 10.0 Å². The third-order valence-corrected chi connectivity index (χ3v) is 6.70. The Morgan fingerprint density at radius 1 is 1.08 bits per heavy atom. The summed E-state index contributed by atoms with van der Waals surface area (Å²) in [6, 6.07) is -0.120. The lowest BCUT2D eigenvalue weighted by molar-refractivity contribution is -0.00911. The first-order valence-corrected chi connectivity index (χ1v) is 10.2. The number of ether oxygens (including phenoxy) is 1. The predicted octanol–water partition coefficient (Wildman–Crippen LogP) is -0.226. The fraction of sp³-hybridized carbons (Fsp3) is 0.933. The summed E-state index contributed by atoms with van der Waals surface area (Å²) in [6.45, 7) is 11.2. The van der Waals surface area contributed by atoms with Crippen LogP contribution in [0.15, 0.2) is 0 Å². The van der Waals surface area contributed by atoms with Gasteiger partial charge in [0.15, 0.2) is 0 Å². The van der Waals surface area contributed by atoms with Crippen LogP contribution in [0.2, 0.25) is 0 Å². The number of amides is 2. The number of nitrogens with zero attached hydrogens (tertiary/aromatic N) is 3. The molecular formula is C15H30N4O4S. The molecule has 2 fully saturated rings. The van der Waals surface area contributed by atoms with Gasteiger partial charge in [0, 0.05) is 51.4 Å². The Balaban J connectivity index is 1.79. The zero-order chi connectivity index (χ0) is 17.8. The fourth-order valence-electron chi connectivity index (χ4n) is 3.04. The van der Waals surface area contributed by atoms with Gasteiger partial charge in [0.25, 0.3) is 0 Å². The smallest absolute Gasteiger partial charge is 0.317 e. The number of rotatable bonds is 5. The van der Waals surface area contributed by atoms with Crippen molar-refractivity contribution >= 4 is 16.1 Å². The lowest BCUT2D eigenvalue weighted by Gasteiger charge is -2.41. The van der Waals surface area contributed by atoms with Gasteiger partial charge >= 0.3 is 6.03 Å². The first-order valence-electron chi connectivity index (χ1n) is 8.59. The Hall–Kier alpha value is -0.900. The second-order valence-corrected chi connectivity index (χ2v) is 9.11. The SMILES string of the molecule is CCS(=O)(=O)N1CCN(C(=O)NCC(C)(C)N2CCOCC2)CC1. The van der Waals surface area contributed by atoms with Gasteiger partial charge in [-0.25, -0.2) is 13.2 Å². The summed E-state index contributed by atoms with van der Waals surface area (Å²) in [7, 11) is -3.16. The molecule has 2 heterocycles. The molecule has 2 amide bonds. The van der Waals surface area contributed by atoms with Gasteiger partial charge in [-0.1, -0.05) is 0 Å². The van der Waals surface area contributed by atoms with Crippen molar-refractivity contribution in [3.8, 4) is 0 Å². The molecule has 0 saturated carbocycles. The van der Waals surface area contributed by atoms with E-state index in [9.17, 15) is 13.2 Å². The van der Waals surface area contributed by atoms with E-state index in [-0.39, 0.29) is 17.3 Å². The average Bonchev–Trinajstić information content (AvgIpc) is 2.60. The van der Waals surface area contributed by atoms with Gasteiger partial charge in [0.1, 0.15) is 0 Å². The third kappa shape index (κ3) is 4.81. The molecule has 24 heavy (non-hydrogen) atoms. The van der Waals surface area contributed by atoms with Crippen molar-refractivity contribution in [2.24, 2.45) is 0 Å². The van der Waals surface area contributed by atoms with Crippen LogP contribution in [0.25, 0.3) is 0 Å². The Morgan fingerprint density at radius 3 is 2.21 bits per heavy atom. The number of nitrogens with one attached hydrogen (secondary N) is 1. The Kier molecular flexibility index (Phi) is 6.46. The fourth-order valence-corrected chi connectivity index (χ4v) is 4.12. The molecule has 0 unspecified atom stereocenters. The number of morpholine rings is 1. The van der Waals surface area contributed by atoms with E-state index in [0.29, 0.717) is 32.7 Å². The molecule has 140 valence electrons. The number of urea groups is 1. The summed E-state index contributed by atoms with van der Waals surface area (Å²) in [5.41, 5.74) is -0.132. The molecule has 0 radical (unpaired) electrons. The first-order chi connectivity index (χ1) is 11.3. The molecule has 0 spiro atoms. The van der Waals surface area contributed by atoms with E-state index in [4.69, 9.17) is 4.74 Å². The molecule has 8 nitrogen and oxygen atoms in total. The summed E-state index contributed by atoms with van der Waals surface area (Å²) < 4.78 is 30.5. The standard InChI is InChI=1S/C15H30N4O4S/c1-4-24(21,22)19-7-5-17(6-8-19)14(20)16-13-15(2,3)18-9-11-23-12-10-18/h4-13H2,1-3H3,(H,16,20). The van der Waals surface area contributed by atoms with Crippen molar-refractivity contribution in [1.82, 2.24) is 19.4 Å². The minimum atomic E-state index is -3.16. The maximum absolute atomic E-state index is 12.4. The molecular weight excluding hydrogens is 332 g/mol. The minimum Gasteiger partial charge on any atom is -0.379 e. The molecule has 2 saturated heterocycles. The summed E-state index contributed by atoms with van der Waals surface area (Å²) >= 11 is 0. The van der Waals surface area contributed by atoms with Crippen LogP contribution in [-0.4, -0.2) is 98.9 Å². The highest BCUT2D eigenvalue weighted by atomic mass is 32.2. The van der Waals surface area contributed by atoms with Gasteiger partial charge in [0.05, 0.1) is 19.0 Å². The number of hydrogen-bond donors (Lipinski definition) is 1. The van der Waals surface area contributed by atoms with Gasteiger partial charge in [-0.05, 0) is 20.8 Å². The Labute approximate surface area is 145 Å². The topological polar surface area (TPSA) is 82.2 Å². The summed E-state index contributed by atoms with van der Waals surface area (Å²) in [5.74, 6) is 0.104. The predicted molar refractivity (Wildman–Crippen MR) is 92.5 cm³/mol. The molecule has 0 aromatic carbocycles. The highest BCUT2D eigenvalue weighted by Crippen LogP contribution is 2.15. The second-order valence-electron chi connectivity index (χ2n) is 6.86. The Morgan fingerprint density at radius 2 is 1.67 bits per heavy atom. The first kappa shape index (κ1) is 19.4. The minimum absolute atomic E-state index is 0.104. The molecule has 2 aliphatic heterocycles. The lowest BCUT2D eigenvalue weighted by atomic mass is 10.0. The van der Waals surface area contributed by atoms with Crippen molar-refractivity contribution in [2.75, 3.05) is 64.8 Å². The van der Waals surface area contributed by atoms with Crippen LogP contribution in [0.3, 0.4) is 0 Å². The molecule has 0 atom stereocenters. The van der Waals surface area contributed by atoms with E-state index >= 15 is 0 Å². The largest absolute Gasteiger partial charge is 0.379 e. The second kappa shape index (κ2) is 7.99. The van der Waals surface area contributed by atoms with E-state index < -0.39 is 10.0 Å². The molecule has 0 aromatic rings.